The Morgan fingerprint density at radius 1 is 1.16 bits per heavy atom. The highest BCUT2D eigenvalue weighted by atomic mass is 35.5. The first-order valence-corrected chi connectivity index (χ1v) is 9.38. The topological polar surface area (TPSA) is 76.3 Å². The van der Waals surface area contributed by atoms with Crippen LogP contribution < -0.4 is 4.31 Å². The number of hydrogen-bond donors (Lipinski definition) is 0. The standard InChI is InChI=1S/C16H13Cl2N3O3S/c1-11-8-16(20-24-11)21(10-12-4-2-3-5-14(12)17)25(22,23)13-6-7-15(18)19-9-13/h2-9H,10H2,1H3. The van der Waals surface area contributed by atoms with Crippen LogP contribution in [0.25, 0.3) is 0 Å². The fourth-order valence-electron chi connectivity index (χ4n) is 2.18. The summed E-state index contributed by atoms with van der Waals surface area (Å²) in [5, 5.41) is 4.49. The Bertz CT molecular complexity index is 988. The molecule has 0 aliphatic carbocycles. The summed E-state index contributed by atoms with van der Waals surface area (Å²) >= 11 is 11.9. The second kappa shape index (κ2) is 7.03. The highest BCUT2D eigenvalue weighted by Crippen LogP contribution is 2.27. The quantitative estimate of drug-likeness (QED) is 0.606. The van der Waals surface area contributed by atoms with Crippen molar-refractivity contribution in [3.63, 3.8) is 0 Å². The van der Waals surface area contributed by atoms with Gasteiger partial charge in [-0.2, -0.15) is 0 Å². The number of anilines is 1. The summed E-state index contributed by atoms with van der Waals surface area (Å²) < 4.78 is 32.3. The Balaban J connectivity index is 2.07. The largest absolute Gasteiger partial charge is 0.360 e. The smallest absolute Gasteiger partial charge is 0.267 e. The molecular weight excluding hydrogens is 385 g/mol. The number of aromatic nitrogens is 2. The Hall–Kier alpha value is -2.09. The van der Waals surface area contributed by atoms with Gasteiger partial charge in [-0.25, -0.2) is 17.7 Å². The van der Waals surface area contributed by atoms with E-state index in [1.807, 2.05) is 0 Å². The van der Waals surface area contributed by atoms with Crippen molar-refractivity contribution in [3.05, 3.63) is 70.2 Å². The second-order valence-corrected chi connectivity index (χ2v) is 7.87. The molecule has 2 aromatic heterocycles. The van der Waals surface area contributed by atoms with Crippen molar-refractivity contribution in [3.8, 4) is 0 Å². The first-order chi connectivity index (χ1) is 11.9. The lowest BCUT2D eigenvalue weighted by Crippen LogP contribution is -2.31. The van der Waals surface area contributed by atoms with Gasteiger partial charge >= 0.3 is 0 Å². The summed E-state index contributed by atoms with van der Waals surface area (Å²) in [7, 11) is -3.94. The predicted octanol–water partition coefficient (Wildman–Crippen LogP) is 4.08. The average Bonchev–Trinajstić information content (AvgIpc) is 3.00. The minimum atomic E-state index is -3.94. The average molecular weight is 398 g/mol. The van der Waals surface area contributed by atoms with Crippen molar-refractivity contribution in [2.45, 2.75) is 18.4 Å². The van der Waals surface area contributed by atoms with Crippen molar-refractivity contribution in [1.82, 2.24) is 10.1 Å². The van der Waals surface area contributed by atoms with Gasteiger partial charge < -0.3 is 4.52 Å². The molecule has 0 unspecified atom stereocenters. The fourth-order valence-corrected chi connectivity index (χ4v) is 3.81. The lowest BCUT2D eigenvalue weighted by molar-refractivity contribution is 0.398. The van der Waals surface area contributed by atoms with Gasteiger partial charge in [0.1, 0.15) is 15.8 Å². The van der Waals surface area contributed by atoms with Crippen molar-refractivity contribution < 1.29 is 12.9 Å². The highest BCUT2D eigenvalue weighted by molar-refractivity contribution is 7.92. The maximum Gasteiger partial charge on any atom is 0.267 e. The van der Waals surface area contributed by atoms with Crippen LogP contribution in [-0.4, -0.2) is 18.6 Å². The van der Waals surface area contributed by atoms with E-state index >= 15 is 0 Å². The monoisotopic (exact) mass is 397 g/mol. The molecule has 0 N–H and O–H groups in total. The van der Waals surface area contributed by atoms with Crippen molar-refractivity contribution in [2.24, 2.45) is 0 Å². The van der Waals surface area contributed by atoms with Crippen LogP contribution >= 0.6 is 23.2 Å². The van der Waals surface area contributed by atoms with Gasteiger partial charge in [0.05, 0.1) is 6.54 Å². The Morgan fingerprint density at radius 3 is 2.52 bits per heavy atom. The van der Waals surface area contributed by atoms with Gasteiger partial charge in [0.2, 0.25) is 0 Å². The molecule has 0 aliphatic heterocycles. The first-order valence-electron chi connectivity index (χ1n) is 7.19. The molecule has 0 radical (unpaired) electrons. The van der Waals surface area contributed by atoms with Crippen molar-refractivity contribution in [2.75, 3.05) is 4.31 Å². The molecule has 0 bridgehead atoms. The zero-order chi connectivity index (χ0) is 18.0. The van der Waals surface area contributed by atoms with Gasteiger partial charge in [-0.15, -0.1) is 0 Å². The Labute approximate surface area is 155 Å². The third-order valence-electron chi connectivity index (χ3n) is 3.43. The van der Waals surface area contributed by atoms with Crippen LogP contribution in [0, 0.1) is 6.92 Å². The van der Waals surface area contributed by atoms with Crippen LogP contribution in [0.3, 0.4) is 0 Å². The number of aryl methyl sites for hydroxylation is 1. The van der Waals surface area contributed by atoms with E-state index in [1.165, 1.54) is 24.4 Å². The molecule has 3 aromatic rings. The molecule has 130 valence electrons. The highest BCUT2D eigenvalue weighted by Gasteiger charge is 2.28. The fraction of sp³-hybridized carbons (Fsp3) is 0.125. The molecule has 0 saturated carbocycles. The lowest BCUT2D eigenvalue weighted by Gasteiger charge is -2.22. The van der Waals surface area contributed by atoms with Gasteiger partial charge in [0.15, 0.2) is 5.82 Å². The lowest BCUT2D eigenvalue weighted by atomic mass is 10.2. The van der Waals surface area contributed by atoms with Gasteiger partial charge in [-0.1, -0.05) is 46.6 Å². The summed E-state index contributed by atoms with van der Waals surface area (Å²) in [5.74, 6) is 0.649. The third-order valence-corrected chi connectivity index (χ3v) is 5.76. The number of pyridine rings is 1. The Kier molecular flexibility index (Phi) is 4.99. The van der Waals surface area contributed by atoms with Crippen LogP contribution in [0.4, 0.5) is 5.82 Å². The molecule has 0 amide bonds. The number of rotatable bonds is 5. The van der Waals surface area contributed by atoms with Gasteiger partial charge in [0, 0.05) is 17.3 Å². The molecule has 0 atom stereocenters. The van der Waals surface area contributed by atoms with Crippen LogP contribution in [-0.2, 0) is 16.6 Å². The molecule has 25 heavy (non-hydrogen) atoms. The molecule has 6 nitrogen and oxygen atoms in total. The number of benzene rings is 1. The van der Waals surface area contributed by atoms with E-state index in [0.29, 0.717) is 16.3 Å². The van der Waals surface area contributed by atoms with E-state index in [9.17, 15) is 8.42 Å². The van der Waals surface area contributed by atoms with E-state index in [4.69, 9.17) is 27.7 Å². The maximum atomic E-state index is 13.1. The number of halogens is 2. The second-order valence-electron chi connectivity index (χ2n) is 5.22. The van der Waals surface area contributed by atoms with Crippen LogP contribution in [0.5, 0.6) is 0 Å². The van der Waals surface area contributed by atoms with E-state index in [2.05, 4.69) is 10.1 Å². The normalized spacial score (nSPS) is 11.5. The SMILES string of the molecule is Cc1cc(N(Cc2ccccc2Cl)S(=O)(=O)c2ccc(Cl)nc2)no1. The summed E-state index contributed by atoms with van der Waals surface area (Å²) in [6.07, 6.45) is 1.20. The summed E-state index contributed by atoms with van der Waals surface area (Å²) in [6.45, 7) is 1.68. The molecule has 2 heterocycles. The van der Waals surface area contributed by atoms with Gasteiger partial charge in [-0.05, 0) is 30.7 Å². The van der Waals surface area contributed by atoms with Crippen molar-refractivity contribution >= 4 is 39.0 Å². The zero-order valence-corrected chi connectivity index (χ0v) is 15.4. The van der Waals surface area contributed by atoms with Gasteiger partial charge in [0.25, 0.3) is 10.0 Å². The zero-order valence-electron chi connectivity index (χ0n) is 13.1. The molecule has 9 heteroatoms. The summed E-state index contributed by atoms with van der Waals surface area (Å²) in [4.78, 5) is 3.83. The molecular formula is C16H13Cl2N3O3S. The van der Waals surface area contributed by atoms with E-state index in [1.54, 1.807) is 31.2 Å². The minimum absolute atomic E-state index is 0.00337. The summed E-state index contributed by atoms with van der Waals surface area (Å²) in [5.41, 5.74) is 0.635. The van der Waals surface area contributed by atoms with Crippen LogP contribution in [0.2, 0.25) is 10.2 Å². The van der Waals surface area contributed by atoms with E-state index < -0.39 is 10.0 Å². The minimum Gasteiger partial charge on any atom is -0.360 e. The molecule has 0 spiro atoms. The van der Waals surface area contributed by atoms with Crippen LogP contribution in [0.15, 0.2) is 58.1 Å². The third kappa shape index (κ3) is 3.78. The molecule has 0 fully saturated rings. The first kappa shape index (κ1) is 17.7. The van der Waals surface area contributed by atoms with E-state index in [0.717, 1.165) is 4.31 Å². The molecule has 1 aromatic carbocycles. The number of nitrogens with zero attached hydrogens (tertiary/aromatic N) is 3. The Morgan fingerprint density at radius 2 is 1.92 bits per heavy atom. The molecule has 3 rings (SSSR count). The molecule has 0 saturated heterocycles. The maximum absolute atomic E-state index is 13.1. The number of hydrogen-bond acceptors (Lipinski definition) is 5. The predicted molar refractivity (Wildman–Crippen MR) is 95.3 cm³/mol. The number of sulfonamides is 1. The van der Waals surface area contributed by atoms with Gasteiger partial charge in [-0.3, -0.25) is 0 Å². The van der Waals surface area contributed by atoms with Crippen molar-refractivity contribution in [1.29, 1.82) is 0 Å². The summed E-state index contributed by atoms with van der Waals surface area (Å²) in [6, 6.07) is 11.3. The van der Waals surface area contributed by atoms with E-state index in [-0.39, 0.29) is 22.4 Å². The molecule has 0 aliphatic rings. The van der Waals surface area contributed by atoms with Crippen LogP contribution in [0.1, 0.15) is 11.3 Å².